The first kappa shape index (κ1) is 116. The number of pyridine rings is 3. The van der Waals surface area contributed by atoms with E-state index in [0.717, 1.165) is 25.7 Å². The Labute approximate surface area is 665 Å². The van der Waals surface area contributed by atoms with Crippen molar-refractivity contribution in [3.05, 3.63) is 195 Å². The Kier molecular flexibility index (Phi) is 74.1. The van der Waals surface area contributed by atoms with E-state index >= 15 is 0 Å². The number of hydrogen-bond acceptors (Lipinski definition) is 25. The van der Waals surface area contributed by atoms with Crippen LogP contribution in [0.5, 0.6) is 0 Å². The smallest absolute Gasteiger partial charge is 0.196 e. The number of Topliss-reactive ketones (excluding diaryl/α,β-unsaturated/α-hetero) is 16. The molecule has 0 N–H and O–H groups in total. The summed E-state index contributed by atoms with van der Waals surface area (Å²) >= 11 is 0. The number of nitrogens with zero attached hydrogens (tertiary/aromatic N) is 9. The lowest BCUT2D eigenvalue weighted by molar-refractivity contribution is -0.125. The third-order valence-electron chi connectivity index (χ3n) is 13.1. The fraction of sp³-hybridized carbons (Fsp3) is 0.437. The molecule has 1 fully saturated rings. The lowest BCUT2D eigenvalue weighted by Gasteiger charge is -2.25. The molecule has 0 saturated heterocycles. The van der Waals surface area contributed by atoms with Crippen LogP contribution in [0.25, 0.3) is 0 Å². The average Bonchev–Trinajstić information content (AvgIpc) is 0.948. The first-order chi connectivity index (χ1) is 52.9. The molecule has 25 heteroatoms. The van der Waals surface area contributed by atoms with E-state index in [-0.39, 0.29) is 139 Å². The van der Waals surface area contributed by atoms with Crippen molar-refractivity contribution >= 4 is 92.5 Å². The third-order valence-corrected chi connectivity index (χ3v) is 13.1. The first-order valence-electron chi connectivity index (χ1n) is 37.5. The molecule has 7 aromatic rings. The molecule has 25 nitrogen and oxygen atoms in total. The lowest BCUT2D eigenvalue weighted by atomic mass is 9.78. The molecule has 1 aliphatic carbocycles. The largest absolute Gasteiger partial charge is 0.300 e. The molecule has 0 amide bonds. The summed E-state index contributed by atoms with van der Waals surface area (Å²) in [6, 6.07) is 19.1. The van der Waals surface area contributed by atoms with Crippen molar-refractivity contribution in [1.29, 1.82) is 0 Å². The number of ketones is 16. The molecule has 1 aromatic carbocycles. The van der Waals surface area contributed by atoms with E-state index in [4.69, 9.17) is 0 Å². The third kappa shape index (κ3) is 53.4. The molecule has 2 atom stereocenters. The highest BCUT2D eigenvalue weighted by Gasteiger charge is 2.27. The summed E-state index contributed by atoms with van der Waals surface area (Å²) in [5.74, 6) is -0.833. The van der Waals surface area contributed by atoms with Crippen LogP contribution >= 0.6 is 0 Å². The van der Waals surface area contributed by atoms with Crippen LogP contribution in [0.15, 0.2) is 116 Å². The Morgan fingerprint density at radius 1 is 0.259 bits per heavy atom. The van der Waals surface area contributed by atoms with Gasteiger partial charge in [-0.3, -0.25) is 91.7 Å². The van der Waals surface area contributed by atoms with Gasteiger partial charge in [-0.25, -0.2) is 29.9 Å². The minimum Gasteiger partial charge on any atom is -0.300 e. The Balaban J connectivity index is -0.000000179. The molecule has 0 aliphatic heterocycles. The van der Waals surface area contributed by atoms with Crippen LogP contribution in [0, 0.1) is 11.8 Å². The summed E-state index contributed by atoms with van der Waals surface area (Å²) in [5, 5.41) is 0. The molecule has 0 spiro atoms. The van der Waals surface area contributed by atoms with Gasteiger partial charge in [0.2, 0.25) is 0 Å². The molecule has 0 bridgehead atoms. The van der Waals surface area contributed by atoms with Crippen molar-refractivity contribution < 1.29 is 76.7 Å². The van der Waals surface area contributed by atoms with Crippen molar-refractivity contribution in [3.8, 4) is 0 Å². The zero-order valence-corrected chi connectivity index (χ0v) is 72.5. The van der Waals surface area contributed by atoms with Gasteiger partial charge in [-0.2, -0.15) is 0 Å². The predicted octanol–water partition coefficient (Wildman–Crippen LogP) is 19.4. The minimum absolute atomic E-state index is 0.0156. The molecule has 614 valence electrons. The monoisotopic (exact) mass is 1550 g/mol. The number of rotatable bonds is 16. The van der Waals surface area contributed by atoms with Crippen LogP contribution in [0.1, 0.15) is 394 Å². The fourth-order valence-corrected chi connectivity index (χ4v) is 7.55. The van der Waals surface area contributed by atoms with Gasteiger partial charge in [-0.05, 0) is 116 Å². The maximum absolute atomic E-state index is 11.1. The van der Waals surface area contributed by atoms with Crippen molar-refractivity contribution in [2.24, 2.45) is 11.8 Å². The van der Waals surface area contributed by atoms with Gasteiger partial charge >= 0.3 is 0 Å². The number of carbonyl (C=O) groups is 16. The van der Waals surface area contributed by atoms with Crippen LogP contribution in [0.3, 0.4) is 0 Å². The molecule has 112 heavy (non-hydrogen) atoms. The summed E-state index contributed by atoms with van der Waals surface area (Å²) in [4.78, 5) is 208. The number of aromatic nitrogens is 9. The van der Waals surface area contributed by atoms with E-state index in [0.29, 0.717) is 44.9 Å². The highest BCUT2D eigenvalue weighted by Crippen LogP contribution is 2.30. The van der Waals surface area contributed by atoms with E-state index in [1.165, 1.54) is 159 Å². The molecule has 2 unspecified atom stereocenters. The van der Waals surface area contributed by atoms with Gasteiger partial charge in [0.1, 0.15) is 63.4 Å². The minimum atomic E-state index is -0.238. The van der Waals surface area contributed by atoms with Crippen molar-refractivity contribution in [2.45, 2.75) is 247 Å². The van der Waals surface area contributed by atoms with Crippen LogP contribution in [-0.2, 0) is 9.59 Å². The van der Waals surface area contributed by atoms with Gasteiger partial charge in [0.15, 0.2) is 86.8 Å². The SMILES string of the molecule is CC.CC.CC.CC.CC.CC.CC.CC.CC(=O)C1CCCC(C(C)=O)C1.CC(=O)c1cc(C(C)=O)ncn1.CC(=O)c1cccc(C(C)=O)c1.CC(=O)c1cccc(C(C)=O)n1.CC(=O)c1ccnc(C(C)=O)c1.CC(=O)c1ccnc(C(C)=O)n1.CC(=O)c1cncc(C(C)=O)c1.CC(=O)c1cncc(C(C)=O)n1. The van der Waals surface area contributed by atoms with Gasteiger partial charge < -0.3 is 0 Å². The Morgan fingerprint density at radius 2 is 0.545 bits per heavy atom. The summed E-state index contributed by atoms with van der Waals surface area (Å²) in [6.07, 6.45) is 13.5. The lowest BCUT2D eigenvalue weighted by Crippen LogP contribution is -2.24. The molecule has 0 radical (unpaired) electrons. The zero-order chi connectivity index (χ0) is 89.1. The maximum atomic E-state index is 11.1. The van der Waals surface area contributed by atoms with E-state index < -0.39 is 0 Å². The Bertz CT molecular complexity index is 3180. The highest BCUT2D eigenvalue weighted by molar-refractivity contribution is 6.02. The summed E-state index contributed by atoms with van der Waals surface area (Å²) in [6.45, 7) is 55.2. The second kappa shape index (κ2) is 71.3. The number of benzene rings is 1. The molecule has 8 rings (SSSR count). The second-order valence-corrected chi connectivity index (χ2v) is 21.3. The normalized spacial score (nSPS) is 10.8. The van der Waals surface area contributed by atoms with Crippen LogP contribution < -0.4 is 0 Å². The van der Waals surface area contributed by atoms with Gasteiger partial charge in [0.25, 0.3) is 0 Å². The van der Waals surface area contributed by atoms with Crippen molar-refractivity contribution in [3.63, 3.8) is 0 Å². The molecule has 1 aliphatic rings. The predicted molar refractivity (Wildman–Crippen MR) is 443 cm³/mol. The maximum Gasteiger partial charge on any atom is 0.196 e. The van der Waals surface area contributed by atoms with Gasteiger partial charge in [-0.1, -0.05) is 141 Å². The standard InChI is InChI=1S/C10H16O2.C10H10O2.3C9H9NO2.3C8H8N2O2.8C2H6/c2*1-7(11)9-4-3-5-10(6-9)8(2)12;1-6(11)8-3-9(7(2)12)5-10-4-8;1-6(11)8-3-4-10-9(5-8)7(2)12;1-6(11)8-4-3-5-9(10-8)7(2)12;1-5(11)7-3-9-4-8(10-7)6(2)12;1-5(11)7-3-8(6(2)12)10-4-9-7;1-5(11)7-3-4-9-8(10-7)6(2)12;8*1-2/h9-10H,3-6H2,1-2H3;3-6H,1-2H3;3*3-5H,1-2H3;3*3-4H,1-2H3;8*1-2H3. The van der Waals surface area contributed by atoms with Gasteiger partial charge in [0, 0.05) is 127 Å². The van der Waals surface area contributed by atoms with Crippen LogP contribution in [0.2, 0.25) is 0 Å². The molecular formula is C87H125N9O16. The van der Waals surface area contributed by atoms with E-state index in [9.17, 15) is 76.7 Å². The summed E-state index contributed by atoms with van der Waals surface area (Å²) in [7, 11) is 0. The number of hydrogen-bond donors (Lipinski definition) is 0. The summed E-state index contributed by atoms with van der Waals surface area (Å²) in [5.41, 5.74) is 4.92. The van der Waals surface area contributed by atoms with Crippen molar-refractivity contribution in [1.82, 2.24) is 44.9 Å². The quantitative estimate of drug-likeness (QED) is 0.0811. The molecule has 6 heterocycles. The Morgan fingerprint density at radius 3 is 0.866 bits per heavy atom. The van der Waals surface area contributed by atoms with Crippen LogP contribution in [-0.4, -0.2) is 137 Å². The summed E-state index contributed by atoms with van der Waals surface area (Å²) < 4.78 is 0. The van der Waals surface area contributed by atoms with Gasteiger partial charge in [-0.15, -0.1) is 0 Å². The molecule has 6 aromatic heterocycles. The second-order valence-electron chi connectivity index (χ2n) is 21.3. The van der Waals surface area contributed by atoms with E-state index in [1.54, 1.807) is 68.4 Å². The highest BCUT2D eigenvalue weighted by atomic mass is 16.2. The fourth-order valence-electron chi connectivity index (χ4n) is 7.55. The first-order valence-corrected chi connectivity index (χ1v) is 37.5. The van der Waals surface area contributed by atoms with Crippen molar-refractivity contribution in [2.75, 3.05) is 0 Å². The van der Waals surface area contributed by atoms with E-state index in [2.05, 4.69) is 44.9 Å². The molecular weight excluding hydrogens is 1430 g/mol. The van der Waals surface area contributed by atoms with Crippen LogP contribution in [0.4, 0.5) is 0 Å². The molecule has 1 saturated carbocycles. The Hall–Kier alpha value is -11.4. The van der Waals surface area contributed by atoms with E-state index in [1.807, 2.05) is 111 Å². The average molecular weight is 1550 g/mol. The number of carbonyl (C=O) groups excluding carboxylic acids is 16. The van der Waals surface area contributed by atoms with Gasteiger partial charge in [0.05, 0.1) is 12.4 Å². The zero-order valence-electron chi connectivity index (χ0n) is 72.5. The topological polar surface area (TPSA) is 389 Å².